The second-order valence-electron chi connectivity index (χ2n) is 7.41. The van der Waals surface area contributed by atoms with Crippen LogP contribution >= 0.6 is 11.6 Å². The number of aromatic nitrogens is 2. The van der Waals surface area contributed by atoms with Crippen molar-refractivity contribution in [2.75, 3.05) is 23.4 Å². The first-order valence-electron chi connectivity index (χ1n) is 10.0. The van der Waals surface area contributed by atoms with E-state index in [1.54, 1.807) is 29.2 Å². The summed E-state index contributed by atoms with van der Waals surface area (Å²) in [5.74, 6) is 0.218. The molecule has 2 N–H and O–H groups in total. The molecular formula is C20H24ClF3N4O4. The summed E-state index contributed by atoms with van der Waals surface area (Å²) >= 11 is 5.94. The van der Waals surface area contributed by atoms with Crippen molar-refractivity contribution in [1.29, 1.82) is 0 Å². The van der Waals surface area contributed by atoms with Crippen molar-refractivity contribution in [2.45, 2.75) is 44.9 Å². The van der Waals surface area contributed by atoms with Gasteiger partial charge in [0.25, 0.3) is 5.56 Å². The Labute approximate surface area is 186 Å². The van der Waals surface area contributed by atoms with Gasteiger partial charge in [0.2, 0.25) is 6.35 Å². The van der Waals surface area contributed by atoms with Crippen molar-refractivity contribution >= 4 is 23.1 Å². The maximum absolute atomic E-state index is 13.2. The van der Waals surface area contributed by atoms with E-state index in [1.807, 2.05) is 0 Å². The summed E-state index contributed by atoms with van der Waals surface area (Å²) in [6.45, 7) is -0.172. The third-order valence-electron chi connectivity index (χ3n) is 5.04. The predicted octanol–water partition coefficient (Wildman–Crippen LogP) is 2.66. The second-order valence-corrected chi connectivity index (χ2v) is 7.85. The zero-order chi connectivity index (χ0) is 23.5. The standard InChI is InChI=1S/C20H24ClF3N4O4/c1-26-16-15(17(30)27(19(26)31)9-3-10-29)28(12-13-4-6-14(21)7-5-13)18(25-16)32-11-2-8-20(22,23)24/h4-7,18,25,29H,2-3,8-12H2,1H3. The number of hydrogen-bond acceptors (Lipinski definition) is 6. The van der Waals surface area contributed by atoms with E-state index >= 15 is 0 Å². The van der Waals surface area contributed by atoms with E-state index in [0.29, 0.717) is 5.02 Å². The fourth-order valence-corrected chi connectivity index (χ4v) is 3.59. The highest BCUT2D eigenvalue weighted by molar-refractivity contribution is 6.30. The number of hydrogen-bond donors (Lipinski definition) is 2. The van der Waals surface area contributed by atoms with Gasteiger partial charge >= 0.3 is 11.9 Å². The third-order valence-corrected chi connectivity index (χ3v) is 5.29. The van der Waals surface area contributed by atoms with Crippen molar-refractivity contribution in [2.24, 2.45) is 7.05 Å². The fraction of sp³-hybridized carbons (Fsp3) is 0.500. The normalized spacial score (nSPS) is 15.7. The Morgan fingerprint density at radius 2 is 1.88 bits per heavy atom. The molecule has 8 nitrogen and oxygen atoms in total. The number of alkyl halides is 3. The lowest BCUT2D eigenvalue weighted by Crippen LogP contribution is -2.42. The fourth-order valence-electron chi connectivity index (χ4n) is 3.46. The van der Waals surface area contributed by atoms with Crippen molar-refractivity contribution in [3.8, 4) is 0 Å². The van der Waals surface area contributed by atoms with E-state index in [1.165, 1.54) is 11.6 Å². The summed E-state index contributed by atoms with van der Waals surface area (Å²) < 4.78 is 45.3. The molecule has 176 valence electrons. The van der Waals surface area contributed by atoms with Crippen LogP contribution in [-0.4, -0.2) is 40.0 Å². The molecular weight excluding hydrogens is 453 g/mol. The van der Waals surface area contributed by atoms with Crippen molar-refractivity contribution in [1.82, 2.24) is 9.13 Å². The monoisotopic (exact) mass is 476 g/mol. The molecule has 0 amide bonds. The number of ether oxygens (including phenoxy) is 1. The van der Waals surface area contributed by atoms with E-state index in [4.69, 9.17) is 21.4 Å². The van der Waals surface area contributed by atoms with Gasteiger partial charge in [-0.25, -0.2) is 4.79 Å². The highest BCUT2D eigenvalue weighted by Crippen LogP contribution is 2.32. The van der Waals surface area contributed by atoms with Crippen molar-refractivity contribution in [3.63, 3.8) is 0 Å². The summed E-state index contributed by atoms with van der Waals surface area (Å²) in [6, 6.07) is 6.88. The predicted molar refractivity (Wildman–Crippen MR) is 114 cm³/mol. The number of nitrogens with zero attached hydrogens (tertiary/aromatic N) is 3. The SMILES string of the molecule is Cn1c2c(c(=O)n(CCCO)c1=O)N(Cc1ccc(Cl)cc1)C(OCCCC(F)(F)F)N2. The molecule has 0 aliphatic carbocycles. The number of fused-ring (bicyclic) bond motifs is 1. The Balaban J connectivity index is 1.94. The third kappa shape index (κ3) is 5.45. The number of benzene rings is 1. The first kappa shape index (κ1) is 24.1. The Kier molecular flexibility index (Phi) is 7.52. The highest BCUT2D eigenvalue weighted by atomic mass is 35.5. The van der Waals surface area contributed by atoms with Gasteiger partial charge in [-0.3, -0.25) is 13.9 Å². The molecule has 1 aliphatic rings. The topological polar surface area (TPSA) is 88.7 Å². The summed E-state index contributed by atoms with van der Waals surface area (Å²) in [5.41, 5.74) is -0.192. The van der Waals surface area contributed by atoms with Crippen LogP contribution in [0.5, 0.6) is 0 Å². The van der Waals surface area contributed by atoms with Gasteiger partial charge in [-0.2, -0.15) is 13.2 Å². The molecule has 3 rings (SSSR count). The molecule has 0 fully saturated rings. The molecule has 1 aromatic heterocycles. The maximum Gasteiger partial charge on any atom is 0.389 e. The van der Waals surface area contributed by atoms with Gasteiger partial charge in [0.15, 0.2) is 0 Å². The molecule has 2 aromatic rings. The molecule has 0 saturated heterocycles. The Hall–Kier alpha value is -2.50. The van der Waals surface area contributed by atoms with Crippen LogP contribution in [0.4, 0.5) is 24.7 Å². The lowest BCUT2D eigenvalue weighted by Gasteiger charge is -2.26. The minimum Gasteiger partial charge on any atom is -0.396 e. The van der Waals surface area contributed by atoms with E-state index in [0.717, 1.165) is 10.1 Å². The van der Waals surface area contributed by atoms with Gasteiger partial charge < -0.3 is 20.1 Å². The van der Waals surface area contributed by atoms with E-state index in [9.17, 15) is 22.8 Å². The van der Waals surface area contributed by atoms with Crippen LogP contribution in [0.25, 0.3) is 0 Å². The van der Waals surface area contributed by atoms with Gasteiger partial charge in [-0.15, -0.1) is 0 Å². The summed E-state index contributed by atoms with van der Waals surface area (Å²) in [7, 11) is 1.48. The summed E-state index contributed by atoms with van der Waals surface area (Å²) in [5, 5.41) is 12.6. The minimum atomic E-state index is -4.29. The lowest BCUT2D eigenvalue weighted by molar-refractivity contribution is -0.138. The van der Waals surface area contributed by atoms with Crippen LogP contribution in [0.3, 0.4) is 0 Å². The van der Waals surface area contributed by atoms with Crippen LogP contribution in [-0.2, 0) is 24.9 Å². The van der Waals surface area contributed by atoms with Crippen LogP contribution in [0.1, 0.15) is 24.8 Å². The van der Waals surface area contributed by atoms with Gasteiger partial charge in [0.1, 0.15) is 11.5 Å². The zero-order valence-corrected chi connectivity index (χ0v) is 18.1. The first-order valence-corrected chi connectivity index (χ1v) is 10.4. The highest BCUT2D eigenvalue weighted by Gasteiger charge is 2.36. The van der Waals surface area contributed by atoms with E-state index in [2.05, 4.69) is 5.32 Å². The molecule has 1 aliphatic heterocycles. The molecule has 0 saturated carbocycles. The Morgan fingerprint density at radius 1 is 1.19 bits per heavy atom. The molecule has 0 spiro atoms. The lowest BCUT2D eigenvalue weighted by atomic mass is 10.2. The van der Waals surface area contributed by atoms with E-state index < -0.39 is 30.2 Å². The molecule has 1 aromatic carbocycles. The number of nitrogens with one attached hydrogen (secondary N) is 1. The number of aliphatic hydroxyl groups is 1. The molecule has 12 heteroatoms. The van der Waals surface area contributed by atoms with Crippen LogP contribution in [0, 0.1) is 0 Å². The average molecular weight is 477 g/mol. The number of anilines is 2. The van der Waals surface area contributed by atoms with Crippen LogP contribution in [0.15, 0.2) is 33.9 Å². The molecule has 32 heavy (non-hydrogen) atoms. The number of rotatable bonds is 9. The van der Waals surface area contributed by atoms with Gasteiger partial charge in [0.05, 0.1) is 6.61 Å². The maximum atomic E-state index is 13.2. The average Bonchev–Trinajstić information content (AvgIpc) is 3.09. The zero-order valence-electron chi connectivity index (χ0n) is 17.4. The van der Waals surface area contributed by atoms with Gasteiger partial charge in [-0.05, 0) is 30.5 Å². The first-order chi connectivity index (χ1) is 15.1. The summed E-state index contributed by atoms with van der Waals surface area (Å²) in [4.78, 5) is 27.4. The largest absolute Gasteiger partial charge is 0.396 e. The number of halogens is 4. The van der Waals surface area contributed by atoms with Gasteiger partial charge in [0, 0.05) is 38.2 Å². The molecule has 0 radical (unpaired) electrons. The quantitative estimate of drug-likeness (QED) is 0.541. The smallest absolute Gasteiger partial charge is 0.389 e. The number of aliphatic hydroxyl groups excluding tert-OH is 1. The van der Waals surface area contributed by atoms with Crippen LogP contribution in [0.2, 0.25) is 5.02 Å². The minimum absolute atomic E-state index is 0.0289. The second kappa shape index (κ2) is 9.97. The Bertz CT molecular complexity index is 1050. The Morgan fingerprint density at radius 3 is 2.50 bits per heavy atom. The molecule has 0 bridgehead atoms. The summed E-state index contributed by atoms with van der Waals surface area (Å²) in [6.07, 6.45) is -6.25. The molecule has 2 heterocycles. The van der Waals surface area contributed by atoms with Crippen LogP contribution < -0.4 is 21.5 Å². The molecule has 1 atom stereocenters. The van der Waals surface area contributed by atoms with Crippen molar-refractivity contribution < 1.29 is 23.0 Å². The van der Waals surface area contributed by atoms with E-state index in [-0.39, 0.29) is 50.7 Å². The van der Waals surface area contributed by atoms with Crippen molar-refractivity contribution in [3.05, 3.63) is 55.7 Å². The van der Waals surface area contributed by atoms with Gasteiger partial charge in [-0.1, -0.05) is 23.7 Å². The molecule has 1 unspecified atom stereocenters.